The van der Waals surface area contributed by atoms with Crippen LogP contribution < -0.4 is 0 Å². The van der Waals surface area contributed by atoms with Gasteiger partial charge in [0.2, 0.25) is 0 Å². The number of carbonyl (C=O) groups is 1. The number of nitrogens with zero attached hydrogens (tertiary/aromatic N) is 1. The van der Waals surface area contributed by atoms with Gasteiger partial charge in [0.25, 0.3) is 0 Å². The number of carbonyl (C=O) groups excluding carboxylic acids is 1. The van der Waals surface area contributed by atoms with Crippen LogP contribution in [0.5, 0.6) is 0 Å². The number of rotatable bonds is 5. The molecule has 14 heavy (non-hydrogen) atoms. The van der Waals surface area contributed by atoms with E-state index in [2.05, 4.69) is 4.98 Å². The number of ketones is 1. The van der Waals surface area contributed by atoms with Crippen molar-refractivity contribution in [3.8, 4) is 0 Å². The Morgan fingerprint density at radius 2 is 2.43 bits per heavy atom. The molecule has 0 fully saturated rings. The first kappa shape index (κ1) is 11.3. The summed E-state index contributed by atoms with van der Waals surface area (Å²) >= 11 is 1.58. The van der Waals surface area contributed by atoms with Gasteiger partial charge >= 0.3 is 0 Å². The minimum atomic E-state index is -0.0782. The van der Waals surface area contributed by atoms with Crippen LogP contribution in [0.2, 0.25) is 0 Å². The first-order valence-corrected chi connectivity index (χ1v) is 5.53. The van der Waals surface area contributed by atoms with E-state index in [-0.39, 0.29) is 18.3 Å². The van der Waals surface area contributed by atoms with Gasteiger partial charge in [0.15, 0.2) is 0 Å². The smallest absolute Gasteiger partial charge is 0.133 e. The molecule has 1 heterocycles. The zero-order valence-corrected chi connectivity index (χ0v) is 9.30. The summed E-state index contributed by atoms with van der Waals surface area (Å²) in [4.78, 5) is 15.5. The number of hydrogen-bond donors (Lipinski definition) is 1. The first-order chi connectivity index (χ1) is 6.63. The number of aryl methyl sites for hydroxylation is 1. The molecule has 78 valence electrons. The third kappa shape index (κ3) is 3.20. The number of aromatic nitrogens is 1. The third-order valence-corrected chi connectivity index (χ3v) is 3.13. The topological polar surface area (TPSA) is 50.2 Å². The van der Waals surface area contributed by atoms with E-state index in [9.17, 15) is 4.79 Å². The van der Waals surface area contributed by atoms with E-state index in [1.54, 1.807) is 18.3 Å². The summed E-state index contributed by atoms with van der Waals surface area (Å²) in [6.45, 7) is 3.57. The second-order valence-corrected chi connectivity index (χ2v) is 4.35. The minimum Gasteiger partial charge on any atom is -0.396 e. The number of aliphatic hydroxyl groups excluding tert-OH is 1. The Balaban J connectivity index is 2.59. The van der Waals surface area contributed by atoms with Crippen molar-refractivity contribution in [2.75, 3.05) is 6.61 Å². The molecule has 0 spiro atoms. The van der Waals surface area contributed by atoms with Gasteiger partial charge in [0, 0.05) is 30.0 Å². The predicted octanol–water partition coefficient (Wildman–Crippen LogP) is 1.58. The summed E-state index contributed by atoms with van der Waals surface area (Å²) in [5, 5.41) is 11.8. The molecule has 0 aliphatic rings. The van der Waals surface area contributed by atoms with Crippen LogP contribution in [0, 0.1) is 12.8 Å². The van der Waals surface area contributed by atoms with Crippen LogP contribution in [-0.4, -0.2) is 22.5 Å². The molecule has 3 nitrogen and oxygen atoms in total. The van der Waals surface area contributed by atoms with E-state index in [1.165, 1.54) is 0 Å². The molecule has 1 aromatic rings. The summed E-state index contributed by atoms with van der Waals surface area (Å²) in [5.74, 6) is 0.0532. The summed E-state index contributed by atoms with van der Waals surface area (Å²) < 4.78 is 0. The fourth-order valence-corrected chi connectivity index (χ4v) is 2.17. The molecule has 0 bridgehead atoms. The zero-order chi connectivity index (χ0) is 10.6. The molecule has 0 saturated heterocycles. The van der Waals surface area contributed by atoms with Crippen LogP contribution >= 0.6 is 11.3 Å². The molecule has 0 aromatic carbocycles. The van der Waals surface area contributed by atoms with E-state index in [0.29, 0.717) is 12.8 Å². The Hall–Kier alpha value is -0.740. The van der Waals surface area contributed by atoms with Gasteiger partial charge in [0.05, 0.1) is 5.01 Å². The third-order valence-electron chi connectivity index (χ3n) is 2.14. The SMILES string of the molecule is CC(=O)C(CCO)Cc1nc(C)cs1. The fraction of sp³-hybridized carbons (Fsp3) is 0.600. The van der Waals surface area contributed by atoms with Crippen molar-refractivity contribution in [2.45, 2.75) is 26.7 Å². The number of thiazole rings is 1. The van der Waals surface area contributed by atoms with Crippen LogP contribution in [0.3, 0.4) is 0 Å². The molecule has 1 rings (SSSR count). The average Bonchev–Trinajstić information content (AvgIpc) is 2.50. The molecule has 1 N–H and O–H groups in total. The van der Waals surface area contributed by atoms with Crippen molar-refractivity contribution in [1.29, 1.82) is 0 Å². The first-order valence-electron chi connectivity index (χ1n) is 4.65. The number of hydrogen-bond acceptors (Lipinski definition) is 4. The van der Waals surface area contributed by atoms with Crippen molar-refractivity contribution < 1.29 is 9.90 Å². The predicted molar refractivity (Wildman–Crippen MR) is 56.4 cm³/mol. The quantitative estimate of drug-likeness (QED) is 0.808. The van der Waals surface area contributed by atoms with Gasteiger partial charge in [0.1, 0.15) is 5.78 Å². The summed E-state index contributed by atoms with van der Waals surface area (Å²) in [7, 11) is 0. The van der Waals surface area contributed by atoms with Gasteiger partial charge < -0.3 is 5.11 Å². The second kappa shape index (κ2) is 5.22. The number of aliphatic hydroxyl groups is 1. The molecule has 0 radical (unpaired) electrons. The van der Waals surface area contributed by atoms with Gasteiger partial charge in [-0.05, 0) is 20.3 Å². The van der Waals surface area contributed by atoms with E-state index in [4.69, 9.17) is 5.11 Å². The van der Waals surface area contributed by atoms with Gasteiger partial charge in [-0.2, -0.15) is 0 Å². The minimum absolute atomic E-state index is 0.0641. The van der Waals surface area contributed by atoms with Crippen molar-refractivity contribution in [2.24, 2.45) is 5.92 Å². The van der Waals surface area contributed by atoms with Crippen LogP contribution in [0.1, 0.15) is 24.0 Å². The molecule has 1 unspecified atom stereocenters. The lowest BCUT2D eigenvalue weighted by molar-refractivity contribution is -0.121. The Morgan fingerprint density at radius 3 is 2.86 bits per heavy atom. The van der Waals surface area contributed by atoms with E-state index in [0.717, 1.165) is 10.7 Å². The van der Waals surface area contributed by atoms with Crippen molar-refractivity contribution >= 4 is 17.1 Å². The van der Waals surface area contributed by atoms with Gasteiger partial charge in [-0.15, -0.1) is 11.3 Å². The van der Waals surface area contributed by atoms with Crippen LogP contribution in [0.15, 0.2) is 5.38 Å². The molecular formula is C10H15NO2S. The summed E-state index contributed by atoms with van der Waals surface area (Å²) in [6.07, 6.45) is 1.20. The maximum absolute atomic E-state index is 11.2. The highest BCUT2D eigenvalue weighted by molar-refractivity contribution is 7.09. The van der Waals surface area contributed by atoms with E-state index in [1.807, 2.05) is 12.3 Å². The Bertz CT molecular complexity index is 309. The lowest BCUT2D eigenvalue weighted by atomic mass is 9.98. The summed E-state index contributed by atoms with van der Waals surface area (Å²) in [5.41, 5.74) is 0.997. The molecule has 0 aliphatic heterocycles. The Kier molecular flexibility index (Phi) is 4.22. The van der Waals surface area contributed by atoms with Crippen molar-refractivity contribution in [3.63, 3.8) is 0 Å². The lowest BCUT2D eigenvalue weighted by Gasteiger charge is -2.09. The normalized spacial score (nSPS) is 12.8. The zero-order valence-electron chi connectivity index (χ0n) is 8.49. The molecule has 4 heteroatoms. The van der Waals surface area contributed by atoms with E-state index >= 15 is 0 Å². The van der Waals surface area contributed by atoms with Gasteiger partial charge in [-0.1, -0.05) is 0 Å². The Labute approximate surface area is 87.8 Å². The molecule has 1 atom stereocenters. The van der Waals surface area contributed by atoms with Crippen molar-refractivity contribution in [3.05, 3.63) is 16.1 Å². The standard InChI is InChI=1S/C10H15NO2S/c1-7-6-14-10(11-7)5-9(3-4-12)8(2)13/h6,9,12H,3-5H2,1-2H3. The van der Waals surface area contributed by atoms with E-state index < -0.39 is 0 Å². The fourth-order valence-electron chi connectivity index (χ4n) is 1.31. The molecule has 1 aromatic heterocycles. The molecule has 0 aliphatic carbocycles. The Morgan fingerprint density at radius 1 is 1.71 bits per heavy atom. The maximum Gasteiger partial charge on any atom is 0.133 e. The monoisotopic (exact) mass is 213 g/mol. The van der Waals surface area contributed by atoms with Crippen LogP contribution in [0.25, 0.3) is 0 Å². The van der Waals surface area contributed by atoms with Gasteiger partial charge in [-0.25, -0.2) is 4.98 Å². The van der Waals surface area contributed by atoms with Crippen LogP contribution in [0.4, 0.5) is 0 Å². The lowest BCUT2D eigenvalue weighted by Crippen LogP contribution is -2.15. The molecular weight excluding hydrogens is 198 g/mol. The highest BCUT2D eigenvalue weighted by Gasteiger charge is 2.15. The molecule has 0 amide bonds. The van der Waals surface area contributed by atoms with Crippen LogP contribution in [-0.2, 0) is 11.2 Å². The van der Waals surface area contributed by atoms with Crippen molar-refractivity contribution in [1.82, 2.24) is 4.98 Å². The second-order valence-electron chi connectivity index (χ2n) is 3.41. The van der Waals surface area contributed by atoms with Gasteiger partial charge in [-0.3, -0.25) is 4.79 Å². The summed E-state index contributed by atoms with van der Waals surface area (Å²) in [6, 6.07) is 0. The average molecular weight is 213 g/mol. The largest absolute Gasteiger partial charge is 0.396 e. The highest BCUT2D eigenvalue weighted by atomic mass is 32.1. The number of Topliss-reactive ketones (excluding diaryl/α,β-unsaturated/α-hetero) is 1. The maximum atomic E-state index is 11.2. The highest BCUT2D eigenvalue weighted by Crippen LogP contribution is 2.16. The molecule has 0 saturated carbocycles.